The molecule has 0 fully saturated rings. The summed E-state index contributed by atoms with van der Waals surface area (Å²) in [5, 5.41) is 0. The molecule has 0 unspecified atom stereocenters. The molecule has 0 saturated heterocycles. The van der Waals surface area contributed by atoms with E-state index in [-0.39, 0.29) is 17.5 Å². The van der Waals surface area contributed by atoms with Crippen molar-refractivity contribution in [2.75, 3.05) is 27.7 Å². The number of likely N-dealkylation sites (N-methyl/N-ethyl adjacent to an activating group) is 1. The third kappa shape index (κ3) is 3.88. The molecule has 0 spiro atoms. The van der Waals surface area contributed by atoms with Crippen LogP contribution in [0.5, 0.6) is 5.75 Å². The predicted octanol–water partition coefficient (Wildman–Crippen LogP) is 1.87. The molecule has 0 amide bonds. The Labute approximate surface area is 130 Å². The van der Waals surface area contributed by atoms with E-state index in [4.69, 9.17) is 9.15 Å². The molecule has 6 nitrogen and oxygen atoms in total. The lowest BCUT2D eigenvalue weighted by Crippen LogP contribution is -2.34. The van der Waals surface area contributed by atoms with Gasteiger partial charge in [0.25, 0.3) is 0 Å². The molecule has 0 aliphatic rings. The minimum absolute atomic E-state index is 0.178. The number of rotatable bonds is 7. The van der Waals surface area contributed by atoms with Crippen molar-refractivity contribution in [2.24, 2.45) is 0 Å². The Morgan fingerprint density at radius 1 is 1.23 bits per heavy atom. The molecule has 7 heteroatoms. The second-order valence-corrected chi connectivity index (χ2v) is 6.79. The Morgan fingerprint density at radius 2 is 1.91 bits per heavy atom. The zero-order valence-corrected chi connectivity index (χ0v) is 13.6. The monoisotopic (exact) mass is 324 g/mol. The van der Waals surface area contributed by atoms with E-state index in [1.54, 1.807) is 24.5 Å². The van der Waals surface area contributed by atoms with Crippen molar-refractivity contribution >= 4 is 10.0 Å². The second-order valence-electron chi connectivity index (χ2n) is 5.02. The van der Waals surface area contributed by atoms with Gasteiger partial charge in [-0.05, 0) is 50.5 Å². The van der Waals surface area contributed by atoms with Gasteiger partial charge in [0.2, 0.25) is 10.0 Å². The van der Waals surface area contributed by atoms with Crippen LogP contribution in [0.1, 0.15) is 11.8 Å². The van der Waals surface area contributed by atoms with E-state index in [1.807, 2.05) is 25.1 Å². The number of hydrogen-bond acceptors (Lipinski definition) is 5. The van der Waals surface area contributed by atoms with Crippen molar-refractivity contribution in [3.8, 4) is 5.75 Å². The quantitative estimate of drug-likeness (QED) is 0.842. The molecule has 2 rings (SSSR count). The third-order valence-corrected chi connectivity index (χ3v) is 4.77. The number of ether oxygens (including phenoxy) is 1. The lowest BCUT2D eigenvalue weighted by molar-refractivity contribution is 0.259. The zero-order valence-electron chi connectivity index (χ0n) is 12.8. The molecule has 1 aromatic carbocycles. The van der Waals surface area contributed by atoms with Gasteiger partial charge in [-0.2, -0.15) is 0 Å². The molecule has 1 heterocycles. The first-order chi connectivity index (χ1) is 10.4. The van der Waals surface area contributed by atoms with Crippen LogP contribution in [0.25, 0.3) is 0 Å². The maximum atomic E-state index is 12.3. The molecule has 0 bridgehead atoms. The highest BCUT2D eigenvalue weighted by Gasteiger charge is 2.21. The van der Waals surface area contributed by atoms with Crippen LogP contribution in [0.15, 0.2) is 52.0 Å². The van der Waals surface area contributed by atoms with Crippen molar-refractivity contribution in [1.82, 2.24) is 9.62 Å². The van der Waals surface area contributed by atoms with E-state index in [9.17, 15) is 8.42 Å². The number of nitrogens with one attached hydrogen (secondary N) is 1. The fourth-order valence-corrected chi connectivity index (χ4v) is 3.08. The molecule has 2 aromatic rings. The van der Waals surface area contributed by atoms with Gasteiger partial charge in [0, 0.05) is 6.54 Å². The van der Waals surface area contributed by atoms with Gasteiger partial charge in [0.1, 0.15) is 11.5 Å². The van der Waals surface area contributed by atoms with Crippen LogP contribution in [0.2, 0.25) is 0 Å². The smallest absolute Gasteiger partial charge is 0.240 e. The maximum Gasteiger partial charge on any atom is 0.240 e. The van der Waals surface area contributed by atoms with Crippen molar-refractivity contribution in [2.45, 2.75) is 10.9 Å². The topological polar surface area (TPSA) is 71.8 Å². The van der Waals surface area contributed by atoms with Crippen LogP contribution in [0, 0.1) is 0 Å². The average Bonchev–Trinajstić information content (AvgIpc) is 3.01. The largest absolute Gasteiger partial charge is 0.497 e. The number of sulfonamides is 1. The average molecular weight is 324 g/mol. The van der Waals surface area contributed by atoms with Gasteiger partial charge in [-0.15, -0.1) is 0 Å². The van der Waals surface area contributed by atoms with Crippen LogP contribution >= 0.6 is 0 Å². The van der Waals surface area contributed by atoms with Crippen molar-refractivity contribution in [1.29, 1.82) is 0 Å². The van der Waals surface area contributed by atoms with Crippen LogP contribution in [0.4, 0.5) is 0 Å². The van der Waals surface area contributed by atoms with E-state index < -0.39 is 10.0 Å². The summed E-state index contributed by atoms with van der Waals surface area (Å²) < 4.78 is 37.7. The van der Waals surface area contributed by atoms with E-state index in [1.165, 1.54) is 19.2 Å². The number of methoxy groups -OCH3 is 1. The first-order valence-electron chi connectivity index (χ1n) is 6.77. The molecule has 1 aromatic heterocycles. The van der Waals surface area contributed by atoms with Crippen molar-refractivity contribution in [3.05, 3.63) is 48.4 Å². The van der Waals surface area contributed by atoms with E-state index in [0.29, 0.717) is 11.5 Å². The van der Waals surface area contributed by atoms with Crippen LogP contribution in [-0.2, 0) is 10.0 Å². The fraction of sp³-hybridized carbons (Fsp3) is 0.333. The first-order valence-corrected chi connectivity index (χ1v) is 8.26. The maximum absolute atomic E-state index is 12.3. The third-order valence-electron chi connectivity index (χ3n) is 3.33. The van der Waals surface area contributed by atoms with Crippen molar-refractivity contribution < 1.29 is 17.6 Å². The minimum atomic E-state index is -3.58. The van der Waals surface area contributed by atoms with Gasteiger partial charge in [-0.3, -0.25) is 4.90 Å². The molecular weight excluding hydrogens is 304 g/mol. The standard InChI is InChI=1S/C15H20N2O4S/c1-17(2)14(15-5-4-10-21-15)11-16-22(18,19)13-8-6-12(20-3)7-9-13/h4-10,14,16H,11H2,1-3H3/t14-/m0/s1. The predicted molar refractivity (Wildman–Crippen MR) is 83.3 cm³/mol. The van der Waals surface area contributed by atoms with Gasteiger partial charge in [-0.25, -0.2) is 13.1 Å². The molecule has 0 saturated carbocycles. The van der Waals surface area contributed by atoms with Gasteiger partial charge < -0.3 is 9.15 Å². The number of benzene rings is 1. The summed E-state index contributed by atoms with van der Waals surface area (Å²) in [7, 11) is 1.70. The summed E-state index contributed by atoms with van der Waals surface area (Å²) in [6.07, 6.45) is 1.57. The van der Waals surface area contributed by atoms with Crippen LogP contribution < -0.4 is 9.46 Å². The summed E-state index contributed by atoms with van der Waals surface area (Å²) >= 11 is 0. The van der Waals surface area contributed by atoms with Gasteiger partial charge in [0.15, 0.2) is 0 Å². The molecule has 1 N–H and O–H groups in total. The summed E-state index contributed by atoms with van der Waals surface area (Å²) in [6, 6.07) is 9.69. The molecule has 22 heavy (non-hydrogen) atoms. The Hall–Kier alpha value is -1.83. The summed E-state index contributed by atoms with van der Waals surface area (Å²) in [5.74, 6) is 1.32. The summed E-state index contributed by atoms with van der Waals surface area (Å²) in [6.45, 7) is 0.217. The highest BCUT2D eigenvalue weighted by molar-refractivity contribution is 7.89. The molecule has 0 radical (unpaired) electrons. The zero-order chi connectivity index (χ0) is 16.2. The molecular formula is C15H20N2O4S. The van der Waals surface area contributed by atoms with Crippen molar-refractivity contribution in [3.63, 3.8) is 0 Å². The van der Waals surface area contributed by atoms with E-state index in [2.05, 4.69) is 4.72 Å². The Kier molecular flexibility index (Phi) is 5.23. The molecule has 1 atom stereocenters. The lowest BCUT2D eigenvalue weighted by Gasteiger charge is -2.22. The van der Waals surface area contributed by atoms with Gasteiger partial charge in [0.05, 0.1) is 24.3 Å². The van der Waals surface area contributed by atoms with Crippen LogP contribution in [-0.4, -0.2) is 41.1 Å². The number of hydrogen-bond donors (Lipinski definition) is 1. The highest BCUT2D eigenvalue weighted by atomic mass is 32.2. The van der Waals surface area contributed by atoms with Gasteiger partial charge in [-0.1, -0.05) is 0 Å². The Morgan fingerprint density at radius 3 is 2.41 bits per heavy atom. The molecule has 0 aliphatic heterocycles. The van der Waals surface area contributed by atoms with E-state index in [0.717, 1.165) is 0 Å². The van der Waals surface area contributed by atoms with Crippen LogP contribution in [0.3, 0.4) is 0 Å². The molecule has 0 aliphatic carbocycles. The number of furan rings is 1. The minimum Gasteiger partial charge on any atom is -0.497 e. The SMILES string of the molecule is COc1ccc(S(=O)(=O)NC[C@@H](c2ccco2)N(C)C)cc1. The summed E-state index contributed by atoms with van der Waals surface area (Å²) in [4.78, 5) is 2.10. The summed E-state index contributed by atoms with van der Waals surface area (Å²) in [5.41, 5.74) is 0. The number of nitrogens with zero attached hydrogens (tertiary/aromatic N) is 1. The Bertz CT molecular complexity index is 679. The normalized spacial score (nSPS) is 13.3. The Balaban J connectivity index is 2.10. The van der Waals surface area contributed by atoms with Gasteiger partial charge >= 0.3 is 0 Å². The fourth-order valence-electron chi connectivity index (χ4n) is 2.05. The lowest BCUT2D eigenvalue weighted by atomic mass is 10.2. The second kappa shape index (κ2) is 6.95. The highest BCUT2D eigenvalue weighted by Crippen LogP contribution is 2.19. The first kappa shape index (κ1) is 16.5. The molecule has 120 valence electrons. The van der Waals surface area contributed by atoms with E-state index >= 15 is 0 Å².